The van der Waals surface area contributed by atoms with Crippen molar-refractivity contribution in [1.82, 2.24) is 5.32 Å². The second kappa shape index (κ2) is 9.56. The minimum absolute atomic E-state index is 0.0674. The Bertz CT molecular complexity index is 425. The molecule has 0 radical (unpaired) electrons. The molecule has 21 heavy (non-hydrogen) atoms. The number of rotatable bonds is 9. The summed E-state index contributed by atoms with van der Waals surface area (Å²) in [4.78, 5) is 12.1. The molecule has 3 heteroatoms. The third kappa shape index (κ3) is 6.30. The highest BCUT2D eigenvalue weighted by Crippen LogP contribution is 2.19. The third-order valence-electron chi connectivity index (χ3n) is 4.08. The van der Waals surface area contributed by atoms with Crippen molar-refractivity contribution in [3.63, 3.8) is 0 Å². The van der Waals surface area contributed by atoms with Gasteiger partial charge in [0, 0.05) is 6.42 Å². The van der Waals surface area contributed by atoms with Crippen molar-refractivity contribution in [2.75, 3.05) is 6.54 Å². The van der Waals surface area contributed by atoms with E-state index in [1.54, 1.807) is 0 Å². The topological polar surface area (TPSA) is 55.1 Å². The Hall–Kier alpha value is -1.35. The molecule has 2 atom stereocenters. The van der Waals surface area contributed by atoms with Gasteiger partial charge >= 0.3 is 0 Å². The molecule has 0 aliphatic heterocycles. The summed E-state index contributed by atoms with van der Waals surface area (Å²) in [6.07, 6.45) is 4.89. The van der Waals surface area contributed by atoms with Gasteiger partial charge < -0.3 is 11.1 Å². The van der Waals surface area contributed by atoms with Crippen LogP contribution in [0.3, 0.4) is 0 Å². The Kier molecular flexibility index (Phi) is 8.06. The summed E-state index contributed by atoms with van der Waals surface area (Å²) >= 11 is 0. The van der Waals surface area contributed by atoms with Crippen LogP contribution in [0.15, 0.2) is 24.3 Å². The Balaban J connectivity index is 2.44. The number of carbonyl (C=O) groups excluding carboxylic acids is 1. The van der Waals surface area contributed by atoms with E-state index < -0.39 is 0 Å². The summed E-state index contributed by atoms with van der Waals surface area (Å²) in [6, 6.07) is 8.27. The van der Waals surface area contributed by atoms with E-state index in [-0.39, 0.29) is 11.9 Å². The number of carbonyl (C=O) groups is 1. The van der Waals surface area contributed by atoms with Crippen molar-refractivity contribution in [2.24, 2.45) is 11.7 Å². The van der Waals surface area contributed by atoms with Crippen molar-refractivity contribution in [3.05, 3.63) is 35.4 Å². The van der Waals surface area contributed by atoms with E-state index in [2.05, 4.69) is 31.3 Å². The molecule has 0 heterocycles. The van der Waals surface area contributed by atoms with Gasteiger partial charge in [0.2, 0.25) is 5.91 Å². The number of hydrogen-bond acceptors (Lipinski definition) is 2. The van der Waals surface area contributed by atoms with E-state index in [1.807, 2.05) is 19.1 Å². The highest BCUT2D eigenvalue weighted by molar-refractivity contribution is 5.76. The maximum Gasteiger partial charge on any atom is 0.220 e. The number of aryl methyl sites for hydroxylation is 1. The minimum Gasteiger partial charge on any atom is -0.350 e. The molecule has 0 aromatic heterocycles. The zero-order valence-electron chi connectivity index (χ0n) is 13.7. The van der Waals surface area contributed by atoms with Crippen LogP contribution >= 0.6 is 0 Å². The highest BCUT2D eigenvalue weighted by atomic mass is 16.1. The molecule has 1 amide bonds. The van der Waals surface area contributed by atoms with Crippen LogP contribution in [-0.2, 0) is 4.79 Å². The van der Waals surface area contributed by atoms with Crippen molar-refractivity contribution in [3.8, 4) is 0 Å². The van der Waals surface area contributed by atoms with Crippen LogP contribution < -0.4 is 11.1 Å². The molecule has 0 fully saturated rings. The van der Waals surface area contributed by atoms with Crippen LogP contribution in [0.4, 0.5) is 0 Å². The average molecular weight is 290 g/mol. The normalized spacial score (nSPS) is 13.7. The van der Waals surface area contributed by atoms with E-state index in [9.17, 15) is 4.79 Å². The Labute approximate surface area is 129 Å². The molecule has 3 N–H and O–H groups in total. The van der Waals surface area contributed by atoms with Crippen LogP contribution in [0, 0.1) is 12.8 Å². The standard InChI is InChI=1S/C18H30N2O/c1-4-7-16(12-13-19)10-11-18(21)20-15(3)17-9-6-5-8-14(17)2/h5-6,8-9,15-16H,4,7,10-13,19H2,1-3H3,(H,20,21)/t15-,16?/m1/s1. The number of nitrogens with one attached hydrogen (secondary N) is 1. The second-order valence-corrected chi connectivity index (χ2v) is 5.92. The Morgan fingerprint density at radius 1 is 1.24 bits per heavy atom. The van der Waals surface area contributed by atoms with Gasteiger partial charge in [0.15, 0.2) is 0 Å². The van der Waals surface area contributed by atoms with E-state index in [0.717, 1.165) is 25.7 Å². The number of nitrogens with two attached hydrogens (primary N) is 1. The molecule has 0 aliphatic rings. The van der Waals surface area contributed by atoms with Crippen LogP contribution in [0.5, 0.6) is 0 Å². The number of amides is 1. The molecule has 1 rings (SSSR count). The first-order valence-electron chi connectivity index (χ1n) is 8.13. The van der Waals surface area contributed by atoms with E-state index >= 15 is 0 Å². The largest absolute Gasteiger partial charge is 0.350 e. The van der Waals surface area contributed by atoms with E-state index in [1.165, 1.54) is 11.1 Å². The lowest BCUT2D eigenvalue weighted by atomic mass is 9.94. The predicted molar refractivity (Wildman–Crippen MR) is 89.0 cm³/mol. The molecule has 3 nitrogen and oxygen atoms in total. The Morgan fingerprint density at radius 3 is 2.57 bits per heavy atom. The lowest BCUT2D eigenvalue weighted by Gasteiger charge is -2.18. The summed E-state index contributed by atoms with van der Waals surface area (Å²) < 4.78 is 0. The van der Waals surface area contributed by atoms with E-state index in [4.69, 9.17) is 5.73 Å². The first kappa shape index (κ1) is 17.7. The molecule has 0 saturated heterocycles. The molecule has 0 bridgehead atoms. The molecular formula is C18H30N2O. The second-order valence-electron chi connectivity index (χ2n) is 5.92. The van der Waals surface area contributed by atoms with Crippen molar-refractivity contribution < 1.29 is 4.79 Å². The quantitative estimate of drug-likeness (QED) is 0.728. The van der Waals surface area contributed by atoms with Gasteiger partial charge in [0.05, 0.1) is 6.04 Å². The van der Waals surface area contributed by atoms with Gasteiger partial charge in [-0.05, 0) is 50.3 Å². The first-order chi connectivity index (χ1) is 10.1. The van der Waals surface area contributed by atoms with Gasteiger partial charge in [-0.25, -0.2) is 0 Å². The van der Waals surface area contributed by atoms with Crippen LogP contribution in [0.2, 0.25) is 0 Å². The molecule has 0 aliphatic carbocycles. The zero-order valence-corrected chi connectivity index (χ0v) is 13.7. The predicted octanol–water partition coefficient (Wildman–Crippen LogP) is 3.72. The molecular weight excluding hydrogens is 260 g/mol. The SMILES string of the molecule is CCCC(CCN)CCC(=O)N[C@H](C)c1ccccc1C. The minimum atomic E-state index is 0.0674. The molecule has 0 saturated carbocycles. The van der Waals surface area contributed by atoms with E-state index in [0.29, 0.717) is 18.9 Å². The number of benzene rings is 1. The molecule has 1 aromatic rings. The van der Waals surface area contributed by atoms with Crippen molar-refractivity contribution >= 4 is 5.91 Å². The average Bonchev–Trinajstić information content (AvgIpc) is 2.45. The Morgan fingerprint density at radius 2 is 1.95 bits per heavy atom. The van der Waals surface area contributed by atoms with Crippen LogP contribution in [-0.4, -0.2) is 12.5 Å². The summed E-state index contributed by atoms with van der Waals surface area (Å²) in [5.41, 5.74) is 8.05. The monoisotopic (exact) mass is 290 g/mol. The summed E-state index contributed by atoms with van der Waals surface area (Å²) in [7, 11) is 0. The van der Waals surface area contributed by atoms with Gasteiger partial charge in [0.1, 0.15) is 0 Å². The van der Waals surface area contributed by atoms with Crippen LogP contribution in [0.25, 0.3) is 0 Å². The zero-order chi connectivity index (χ0) is 15.7. The summed E-state index contributed by atoms with van der Waals surface area (Å²) in [5.74, 6) is 0.725. The third-order valence-corrected chi connectivity index (χ3v) is 4.08. The van der Waals surface area contributed by atoms with Gasteiger partial charge in [-0.15, -0.1) is 0 Å². The maximum absolute atomic E-state index is 12.1. The van der Waals surface area contributed by atoms with Crippen molar-refractivity contribution in [1.29, 1.82) is 0 Å². The number of hydrogen-bond donors (Lipinski definition) is 2. The lowest BCUT2D eigenvalue weighted by molar-refractivity contribution is -0.122. The fraction of sp³-hybridized carbons (Fsp3) is 0.611. The van der Waals surface area contributed by atoms with Gasteiger partial charge in [-0.1, -0.05) is 44.0 Å². The fourth-order valence-electron chi connectivity index (χ4n) is 2.88. The maximum atomic E-state index is 12.1. The molecule has 118 valence electrons. The fourth-order valence-corrected chi connectivity index (χ4v) is 2.88. The lowest BCUT2D eigenvalue weighted by Crippen LogP contribution is -2.27. The van der Waals surface area contributed by atoms with Crippen LogP contribution in [0.1, 0.15) is 63.1 Å². The highest BCUT2D eigenvalue weighted by Gasteiger charge is 2.13. The molecule has 0 spiro atoms. The van der Waals surface area contributed by atoms with Gasteiger partial charge in [-0.3, -0.25) is 4.79 Å². The molecule has 1 aromatic carbocycles. The smallest absolute Gasteiger partial charge is 0.220 e. The summed E-state index contributed by atoms with van der Waals surface area (Å²) in [6.45, 7) is 7.02. The first-order valence-corrected chi connectivity index (χ1v) is 8.13. The van der Waals surface area contributed by atoms with Gasteiger partial charge in [0.25, 0.3) is 0 Å². The summed E-state index contributed by atoms with van der Waals surface area (Å²) in [5, 5.41) is 3.11. The molecule has 1 unspecified atom stereocenters. The van der Waals surface area contributed by atoms with Crippen molar-refractivity contribution in [2.45, 2.75) is 58.9 Å². The van der Waals surface area contributed by atoms with Gasteiger partial charge in [-0.2, -0.15) is 0 Å².